The van der Waals surface area contributed by atoms with Crippen LogP contribution in [0.2, 0.25) is 0 Å². The van der Waals surface area contributed by atoms with E-state index in [4.69, 9.17) is 16.7 Å². The van der Waals surface area contributed by atoms with Crippen LogP contribution in [-0.2, 0) is 14.8 Å². The van der Waals surface area contributed by atoms with E-state index in [-0.39, 0.29) is 4.90 Å². The van der Waals surface area contributed by atoms with Gasteiger partial charge in [0, 0.05) is 5.88 Å². The largest absolute Gasteiger partial charge is 0.480 e. The van der Waals surface area contributed by atoms with Crippen molar-refractivity contribution in [1.29, 1.82) is 0 Å². The summed E-state index contributed by atoms with van der Waals surface area (Å²) in [6.07, 6.45) is 3.49. The normalized spacial score (nSPS) is 11.8. The van der Waals surface area contributed by atoms with Gasteiger partial charge >= 0.3 is 5.97 Å². The molecule has 0 saturated heterocycles. The molecule has 0 amide bonds. The summed E-state index contributed by atoms with van der Waals surface area (Å²) in [4.78, 5) is 10.3. The molecule has 0 atom stereocenters. The number of hydrogen-bond acceptors (Lipinski definition) is 3. The van der Waals surface area contributed by atoms with Crippen molar-refractivity contribution in [3.05, 3.63) is 35.9 Å². The minimum absolute atomic E-state index is 0.0202. The van der Waals surface area contributed by atoms with Gasteiger partial charge in [-0.15, -0.1) is 11.6 Å². The highest BCUT2D eigenvalue weighted by atomic mass is 35.5. The van der Waals surface area contributed by atoms with Crippen molar-refractivity contribution >= 4 is 33.7 Å². The van der Waals surface area contributed by atoms with Crippen LogP contribution in [0.4, 0.5) is 0 Å². The molecule has 0 aliphatic heterocycles. The van der Waals surface area contributed by atoms with E-state index in [1.807, 2.05) is 4.72 Å². The van der Waals surface area contributed by atoms with Crippen LogP contribution in [0, 0.1) is 0 Å². The first-order chi connectivity index (χ1) is 8.45. The van der Waals surface area contributed by atoms with Gasteiger partial charge in [-0.3, -0.25) is 4.79 Å². The zero-order valence-corrected chi connectivity index (χ0v) is 10.9. The number of rotatable bonds is 6. The van der Waals surface area contributed by atoms with Crippen molar-refractivity contribution in [2.75, 3.05) is 12.4 Å². The molecule has 0 fully saturated rings. The standard InChI is InChI=1S/C11H12ClNO4S/c12-7-1-2-9-3-5-10(6-4-9)18(16,17)13-8-11(14)15/h1-6,13H,7-8H2,(H,14,15). The van der Waals surface area contributed by atoms with Gasteiger partial charge in [-0.25, -0.2) is 8.42 Å². The summed E-state index contributed by atoms with van der Waals surface area (Å²) < 4.78 is 25.3. The molecular formula is C11H12ClNO4S. The first-order valence-corrected chi connectivity index (χ1v) is 7.01. The van der Waals surface area contributed by atoms with Gasteiger partial charge in [0.2, 0.25) is 10.0 Å². The Balaban J connectivity index is 2.84. The minimum Gasteiger partial charge on any atom is -0.480 e. The highest BCUT2D eigenvalue weighted by Gasteiger charge is 2.14. The summed E-state index contributed by atoms with van der Waals surface area (Å²) in [5.41, 5.74) is 0.813. The molecule has 1 aromatic rings. The van der Waals surface area contributed by atoms with Gasteiger partial charge in [0.25, 0.3) is 0 Å². The van der Waals surface area contributed by atoms with Crippen molar-refractivity contribution in [3.63, 3.8) is 0 Å². The van der Waals surface area contributed by atoms with Crippen LogP contribution < -0.4 is 4.72 Å². The summed E-state index contributed by atoms with van der Waals surface area (Å²) in [6.45, 7) is -0.643. The van der Waals surface area contributed by atoms with Gasteiger partial charge in [-0.2, -0.15) is 4.72 Å². The number of benzene rings is 1. The highest BCUT2D eigenvalue weighted by molar-refractivity contribution is 7.89. The Morgan fingerprint density at radius 2 is 1.94 bits per heavy atom. The van der Waals surface area contributed by atoms with E-state index in [2.05, 4.69) is 0 Å². The van der Waals surface area contributed by atoms with Crippen LogP contribution in [0.25, 0.3) is 6.08 Å². The third-order valence-electron chi connectivity index (χ3n) is 2.00. The summed E-state index contributed by atoms with van der Waals surface area (Å²) in [5, 5.41) is 8.42. The van der Waals surface area contributed by atoms with Crippen LogP contribution in [0.3, 0.4) is 0 Å². The van der Waals surface area contributed by atoms with Gasteiger partial charge in [-0.1, -0.05) is 24.3 Å². The van der Waals surface area contributed by atoms with E-state index >= 15 is 0 Å². The number of allylic oxidation sites excluding steroid dienone is 1. The fourth-order valence-electron chi connectivity index (χ4n) is 1.18. The highest BCUT2D eigenvalue weighted by Crippen LogP contribution is 2.11. The van der Waals surface area contributed by atoms with Crippen LogP contribution in [0.5, 0.6) is 0 Å². The molecule has 0 spiro atoms. The number of halogens is 1. The molecule has 7 heteroatoms. The quantitative estimate of drug-likeness (QED) is 0.773. The number of nitrogens with one attached hydrogen (secondary N) is 1. The van der Waals surface area contributed by atoms with Crippen LogP contribution >= 0.6 is 11.6 Å². The second kappa shape index (κ2) is 6.53. The first-order valence-electron chi connectivity index (χ1n) is 5.00. The fraction of sp³-hybridized carbons (Fsp3) is 0.182. The molecule has 98 valence electrons. The Morgan fingerprint density at radius 1 is 1.33 bits per heavy atom. The number of hydrogen-bond donors (Lipinski definition) is 2. The Kier molecular flexibility index (Phi) is 5.33. The van der Waals surface area contributed by atoms with Crippen molar-refractivity contribution in [2.24, 2.45) is 0 Å². The maximum Gasteiger partial charge on any atom is 0.318 e. The average molecular weight is 290 g/mol. The zero-order valence-electron chi connectivity index (χ0n) is 9.34. The third kappa shape index (κ3) is 4.48. The Morgan fingerprint density at radius 3 is 2.44 bits per heavy atom. The zero-order chi connectivity index (χ0) is 13.6. The predicted octanol–water partition coefficient (Wildman–Crippen LogP) is 1.30. The fourth-order valence-corrected chi connectivity index (χ4v) is 2.24. The Hall–Kier alpha value is -1.37. The molecule has 0 aliphatic rings. The molecule has 1 rings (SSSR count). The second-order valence-electron chi connectivity index (χ2n) is 3.34. The van der Waals surface area contributed by atoms with E-state index < -0.39 is 22.5 Å². The van der Waals surface area contributed by atoms with E-state index in [1.54, 1.807) is 24.3 Å². The number of alkyl halides is 1. The van der Waals surface area contributed by atoms with Crippen molar-refractivity contribution in [2.45, 2.75) is 4.90 Å². The van der Waals surface area contributed by atoms with Gasteiger partial charge in [-0.05, 0) is 17.7 Å². The number of sulfonamides is 1. The molecule has 18 heavy (non-hydrogen) atoms. The topological polar surface area (TPSA) is 83.5 Å². The molecule has 0 aliphatic carbocycles. The maximum absolute atomic E-state index is 11.6. The number of carboxylic acids is 1. The lowest BCUT2D eigenvalue weighted by molar-refractivity contribution is -0.135. The summed E-state index contributed by atoms with van der Waals surface area (Å²) in [7, 11) is -3.77. The van der Waals surface area contributed by atoms with Crippen LogP contribution in [0.15, 0.2) is 35.2 Å². The molecule has 0 bridgehead atoms. The number of aliphatic carboxylic acids is 1. The third-order valence-corrected chi connectivity index (χ3v) is 3.60. The molecule has 2 N–H and O–H groups in total. The van der Waals surface area contributed by atoms with E-state index in [1.165, 1.54) is 12.1 Å². The molecule has 5 nitrogen and oxygen atoms in total. The van der Waals surface area contributed by atoms with E-state index in [9.17, 15) is 13.2 Å². The molecule has 0 unspecified atom stereocenters. The summed E-state index contributed by atoms with van der Waals surface area (Å²) >= 11 is 5.48. The summed E-state index contributed by atoms with van der Waals surface area (Å²) in [5.74, 6) is -0.861. The van der Waals surface area contributed by atoms with Crippen LogP contribution in [0.1, 0.15) is 5.56 Å². The molecule has 1 aromatic carbocycles. The first kappa shape index (κ1) is 14.7. The lowest BCUT2D eigenvalue weighted by Gasteiger charge is -2.04. The summed E-state index contributed by atoms with van der Waals surface area (Å²) in [6, 6.07) is 6.02. The van der Waals surface area contributed by atoms with Gasteiger partial charge in [0.15, 0.2) is 0 Å². The number of carboxylic acid groups (broad SMARTS) is 1. The van der Waals surface area contributed by atoms with Crippen LogP contribution in [-0.4, -0.2) is 31.9 Å². The molecule has 0 radical (unpaired) electrons. The maximum atomic E-state index is 11.6. The number of carbonyl (C=O) groups is 1. The molecular weight excluding hydrogens is 278 g/mol. The van der Waals surface area contributed by atoms with Crippen molar-refractivity contribution in [3.8, 4) is 0 Å². The second-order valence-corrected chi connectivity index (χ2v) is 5.42. The predicted molar refractivity (Wildman–Crippen MR) is 69.0 cm³/mol. The molecule has 0 aromatic heterocycles. The molecule has 0 heterocycles. The van der Waals surface area contributed by atoms with Crippen molar-refractivity contribution < 1.29 is 18.3 Å². The lowest BCUT2D eigenvalue weighted by Crippen LogP contribution is -2.29. The van der Waals surface area contributed by atoms with Crippen molar-refractivity contribution in [1.82, 2.24) is 4.72 Å². The minimum atomic E-state index is -3.77. The van der Waals surface area contributed by atoms with Gasteiger partial charge in [0.05, 0.1) is 4.90 Å². The Labute approximate surface area is 110 Å². The van der Waals surface area contributed by atoms with Gasteiger partial charge < -0.3 is 5.11 Å². The van der Waals surface area contributed by atoms with E-state index in [0.717, 1.165) is 5.56 Å². The average Bonchev–Trinajstić information content (AvgIpc) is 2.34. The molecule has 0 saturated carbocycles. The van der Waals surface area contributed by atoms with E-state index in [0.29, 0.717) is 5.88 Å². The lowest BCUT2D eigenvalue weighted by atomic mass is 10.2. The SMILES string of the molecule is O=C(O)CNS(=O)(=O)c1ccc(C=CCCl)cc1. The smallest absolute Gasteiger partial charge is 0.318 e. The monoisotopic (exact) mass is 289 g/mol. The van der Waals surface area contributed by atoms with Gasteiger partial charge in [0.1, 0.15) is 6.54 Å². The Bertz CT molecular complexity index is 537.